The highest BCUT2D eigenvalue weighted by Crippen LogP contribution is 2.22. The molecule has 1 nitrogen and oxygen atoms in total. The Balaban J connectivity index is 2.66. The summed E-state index contributed by atoms with van der Waals surface area (Å²) in [6, 6.07) is 0. The molecule has 0 bridgehead atoms. The van der Waals surface area contributed by atoms with Gasteiger partial charge >= 0.3 is 0 Å². The first-order valence-corrected chi connectivity index (χ1v) is 4.31. The molecule has 11 heavy (non-hydrogen) atoms. The van der Waals surface area contributed by atoms with Crippen molar-refractivity contribution in [2.75, 3.05) is 7.11 Å². The van der Waals surface area contributed by atoms with Crippen molar-refractivity contribution in [3.8, 4) is 0 Å². The van der Waals surface area contributed by atoms with Crippen molar-refractivity contribution in [3.63, 3.8) is 0 Å². The molecule has 62 valence electrons. The lowest BCUT2D eigenvalue weighted by molar-refractivity contribution is 0.297. The SMILES string of the molecule is CCCC1=C(OC)C=CCC1. The summed E-state index contributed by atoms with van der Waals surface area (Å²) in [6.07, 6.45) is 9.05. The molecule has 0 aromatic heterocycles. The first-order chi connectivity index (χ1) is 5.38. The average molecular weight is 152 g/mol. The molecule has 0 spiro atoms. The summed E-state index contributed by atoms with van der Waals surface area (Å²) >= 11 is 0. The Bertz CT molecular complexity index is 177. The van der Waals surface area contributed by atoms with Crippen molar-refractivity contribution in [2.45, 2.75) is 32.6 Å². The van der Waals surface area contributed by atoms with Gasteiger partial charge in [-0.1, -0.05) is 19.4 Å². The minimum atomic E-state index is 1.10. The predicted octanol–water partition coefficient (Wildman–Crippen LogP) is 3.04. The van der Waals surface area contributed by atoms with Gasteiger partial charge in [-0.05, 0) is 30.9 Å². The first-order valence-electron chi connectivity index (χ1n) is 4.31. The third kappa shape index (κ3) is 2.11. The van der Waals surface area contributed by atoms with Crippen LogP contribution >= 0.6 is 0 Å². The molecule has 0 saturated carbocycles. The van der Waals surface area contributed by atoms with Crippen LogP contribution in [0.4, 0.5) is 0 Å². The molecule has 0 radical (unpaired) electrons. The van der Waals surface area contributed by atoms with Crippen molar-refractivity contribution in [1.29, 1.82) is 0 Å². The van der Waals surface area contributed by atoms with E-state index >= 15 is 0 Å². The van der Waals surface area contributed by atoms with Gasteiger partial charge < -0.3 is 4.74 Å². The van der Waals surface area contributed by atoms with Crippen LogP contribution in [-0.4, -0.2) is 7.11 Å². The zero-order valence-corrected chi connectivity index (χ0v) is 7.39. The van der Waals surface area contributed by atoms with Gasteiger partial charge in [0.2, 0.25) is 0 Å². The third-order valence-corrected chi connectivity index (χ3v) is 2.00. The number of ether oxygens (including phenoxy) is 1. The molecule has 0 saturated heterocycles. The molecule has 0 fully saturated rings. The fraction of sp³-hybridized carbons (Fsp3) is 0.600. The lowest BCUT2D eigenvalue weighted by Gasteiger charge is -2.13. The quantitative estimate of drug-likeness (QED) is 0.604. The monoisotopic (exact) mass is 152 g/mol. The Morgan fingerprint density at radius 2 is 2.36 bits per heavy atom. The number of allylic oxidation sites excluding steroid dienone is 3. The number of methoxy groups -OCH3 is 1. The Hall–Kier alpha value is -0.720. The second-order valence-corrected chi connectivity index (χ2v) is 2.86. The predicted molar refractivity (Wildman–Crippen MR) is 47.3 cm³/mol. The summed E-state index contributed by atoms with van der Waals surface area (Å²) in [7, 11) is 1.75. The lowest BCUT2D eigenvalue weighted by Crippen LogP contribution is -1.96. The topological polar surface area (TPSA) is 9.23 Å². The van der Waals surface area contributed by atoms with Gasteiger partial charge in [0.25, 0.3) is 0 Å². The van der Waals surface area contributed by atoms with E-state index < -0.39 is 0 Å². The van der Waals surface area contributed by atoms with E-state index in [0.29, 0.717) is 0 Å². The fourth-order valence-corrected chi connectivity index (χ4v) is 1.45. The summed E-state index contributed by atoms with van der Waals surface area (Å²) in [5.74, 6) is 1.10. The summed E-state index contributed by atoms with van der Waals surface area (Å²) in [4.78, 5) is 0. The molecule has 1 aliphatic rings. The zero-order chi connectivity index (χ0) is 8.10. The van der Waals surface area contributed by atoms with Crippen LogP contribution in [0.3, 0.4) is 0 Å². The standard InChI is InChI=1S/C10H16O/c1-3-6-9-7-4-5-8-10(9)11-2/h5,8H,3-4,6-7H2,1-2H3. The molecule has 0 aliphatic heterocycles. The van der Waals surface area contributed by atoms with E-state index in [1.165, 1.54) is 31.3 Å². The minimum absolute atomic E-state index is 1.10. The Morgan fingerprint density at radius 1 is 1.55 bits per heavy atom. The second-order valence-electron chi connectivity index (χ2n) is 2.86. The van der Waals surface area contributed by atoms with E-state index in [4.69, 9.17) is 4.74 Å². The highest BCUT2D eigenvalue weighted by atomic mass is 16.5. The maximum absolute atomic E-state index is 5.25. The molecular weight excluding hydrogens is 136 g/mol. The Morgan fingerprint density at radius 3 is 3.00 bits per heavy atom. The summed E-state index contributed by atoms with van der Waals surface area (Å²) < 4.78 is 5.25. The van der Waals surface area contributed by atoms with Crippen LogP contribution in [0.15, 0.2) is 23.5 Å². The van der Waals surface area contributed by atoms with Crippen LogP contribution in [0.25, 0.3) is 0 Å². The van der Waals surface area contributed by atoms with Crippen molar-refractivity contribution in [1.82, 2.24) is 0 Å². The molecule has 1 heteroatoms. The van der Waals surface area contributed by atoms with Crippen LogP contribution in [-0.2, 0) is 4.74 Å². The molecule has 0 aromatic carbocycles. The second kappa shape index (κ2) is 4.22. The molecule has 1 aliphatic carbocycles. The molecule has 0 atom stereocenters. The number of rotatable bonds is 3. The Labute approximate surface area is 68.8 Å². The van der Waals surface area contributed by atoms with Crippen LogP contribution < -0.4 is 0 Å². The summed E-state index contributed by atoms with van der Waals surface area (Å²) in [5, 5.41) is 0. The van der Waals surface area contributed by atoms with Gasteiger partial charge in [0, 0.05) is 0 Å². The third-order valence-electron chi connectivity index (χ3n) is 2.00. The van der Waals surface area contributed by atoms with E-state index in [0.717, 1.165) is 5.76 Å². The zero-order valence-electron chi connectivity index (χ0n) is 7.39. The number of hydrogen-bond donors (Lipinski definition) is 0. The van der Waals surface area contributed by atoms with Gasteiger partial charge in [0.15, 0.2) is 0 Å². The van der Waals surface area contributed by atoms with E-state index in [1.54, 1.807) is 7.11 Å². The summed E-state index contributed by atoms with van der Waals surface area (Å²) in [5.41, 5.74) is 1.48. The van der Waals surface area contributed by atoms with Gasteiger partial charge in [0.05, 0.1) is 7.11 Å². The van der Waals surface area contributed by atoms with E-state index in [-0.39, 0.29) is 0 Å². The maximum atomic E-state index is 5.25. The van der Waals surface area contributed by atoms with Gasteiger partial charge in [0.1, 0.15) is 5.76 Å². The van der Waals surface area contributed by atoms with Crippen molar-refractivity contribution in [2.24, 2.45) is 0 Å². The number of hydrogen-bond acceptors (Lipinski definition) is 1. The van der Waals surface area contributed by atoms with Crippen molar-refractivity contribution in [3.05, 3.63) is 23.5 Å². The largest absolute Gasteiger partial charge is 0.497 e. The van der Waals surface area contributed by atoms with Gasteiger partial charge in [-0.15, -0.1) is 0 Å². The highest BCUT2D eigenvalue weighted by molar-refractivity contribution is 5.24. The van der Waals surface area contributed by atoms with E-state index in [9.17, 15) is 0 Å². The summed E-state index contributed by atoms with van der Waals surface area (Å²) in [6.45, 7) is 2.21. The van der Waals surface area contributed by atoms with Crippen LogP contribution in [0.1, 0.15) is 32.6 Å². The fourth-order valence-electron chi connectivity index (χ4n) is 1.45. The first kappa shape index (κ1) is 8.38. The normalized spacial score (nSPS) is 17.3. The lowest BCUT2D eigenvalue weighted by atomic mass is 9.99. The minimum Gasteiger partial charge on any atom is -0.497 e. The van der Waals surface area contributed by atoms with Crippen molar-refractivity contribution < 1.29 is 4.74 Å². The molecule has 1 rings (SSSR count). The molecule has 0 N–H and O–H groups in total. The Kier molecular flexibility index (Phi) is 3.21. The van der Waals surface area contributed by atoms with Crippen LogP contribution in [0, 0.1) is 0 Å². The molecule has 0 amide bonds. The smallest absolute Gasteiger partial charge is 0.117 e. The maximum Gasteiger partial charge on any atom is 0.117 e. The molecular formula is C10H16O. The van der Waals surface area contributed by atoms with Crippen molar-refractivity contribution >= 4 is 0 Å². The van der Waals surface area contributed by atoms with E-state index in [1.807, 2.05) is 0 Å². The van der Waals surface area contributed by atoms with Gasteiger partial charge in [-0.3, -0.25) is 0 Å². The molecule has 0 heterocycles. The highest BCUT2D eigenvalue weighted by Gasteiger charge is 2.06. The molecule has 0 unspecified atom stereocenters. The van der Waals surface area contributed by atoms with Gasteiger partial charge in [-0.2, -0.15) is 0 Å². The average Bonchev–Trinajstić information content (AvgIpc) is 2.06. The van der Waals surface area contributed by atoms with Crippen LogP contribution in [0.2, 0.25) is 0 Å². The molecule has 0 aromatic rings. The van der Waals surface area contributed by atoms with Gasteiger partial charge in [-0.25, -0.2) is 0 Å². The van der Waals surface area contributed by atoms with E-state index in [2.05, 4.69) is 19.1 Å². The van der Waals surface area contributed by atoms with Crippen LogP contribution in [0.5, 0.6) is 0 Å².